The van der Waals surface area contributed by atoms with E-state index in [1.165, 1.54) is 0 Å². The van der Waals surface area contributed by atoms with Gasteiger partial charge in [-0.1, -0.05) is 6.07 Å². The first kappa shape index (κ1) is 17.0. The van der Waals surface area contributed by atoms with Crippen molar-refractivity contribution in [1.82, 2.24) is 10.2 Å². The second kappa shape index (κ2) is 6.93. The predicted molar refractivity (Wildman–Crippen MR) is 95.0 cm³/mol. The number of carbonyl (C=O) groups excluding carboxylic acids is 2. The summed E-state index contributed by atoms with van der Waals surface area (Å²) in [5.74, 6) is -0.529. The Kier molecular flexibility index (Phi) is 4.90. The molecule has 0 bridgehead atoms. The normalized spacial score (nSPS) is 22.3. The molecule has 2 heterocycles. The molecule has 130 valence electrons. The molecule has 2 aliphatic rings. The third-order valence-corrected chi connectivity index (χ3v) is 5.24. The van der Waals surface area contributed by atoms with Crippen molar-refractivity contribution in [2.75, 3.05) is 31.6 Å². The Morgan fingerprint density at radius 2 is 1.67 bits per heavy atom. The van der Waals surface area contributed by atoms with Gasteiger partial charge >= 0.3 is 0 Å². The molecular weight excluding hydrogens is 302 g/mol. The topological polar surface area (TPSA) is 52.7 Å². The number of anilines is 1. The summed E-state index contributed by atoms with van der Waals surface area (Å²) < 4.78 is 0. The minimum Gasteiger partial charge on any atom is -0.342 e. The number of rotatable bonds is 3. The molecule has 0 radical (unpaired) electrons. The van der Waals surface area contributed by atoms with Crippen LogP contribution in [0.15, 0.2) is 18.2 Å². The van der Waals surface area contributed by atoms with Gasteiger partial charge in [0, 0.05) is 31.4 Å². The van der Waals surface area contributed by atoms with Crippen molar-refractivity contribution >= 4 is 17.5 Å². The van der Waals surface area contributed by atoms with Crippen molar-refractivity contribution < 1.29 is 9.59 Å². The summed E-state index contributed by atoms with van der Waals surface area (Å²) in [6.07, 6.45) is 2.55. The van der Waals surface area contributed by atoms with E-state index in [2.05, 4.69) is 11.4 Å². The fourth-order valence-corrected chi connectivity index (χ4v) is 3.88. The molecule has 24 heavy (non-hydrogen) atoms. The van der Waals surface area contributed by atoms with Gasteiger partial charge in [0.2, 0.25) is 11.8 Å². The van der Waals surface area contributed by atoms with Crippen LogP contribution in [0.1, 0.15) is 30.4 Å². The molecule has 1 unspecified atom stereocenters. The Balaban J connectivity index is 1.68. The summed E-state index contributed by atoms with van der Waals surface area (Å²) in [6.45, 7) is 6.19. The molecular formula is C19H27N3O2. The zero-order chi connectivity index (χ0) is 17.3. The molecule has 5 heteroatoms. The van der Waals surface area contributed by atoms with Gasteiger partial charge in [-0.2, -0.15) is 0 Å². The number of carbonyl (C=O) groups is 2. The van der Waals surface area contributed by atoms with Crippen LogP contribution in [0.3, 0.4) is 0 Å². The highest BCUT2D eigenvalue weighted by Gasteiger charge is 2.40. The Labute approximate surface area is 144 Å². The van der Waals surface area contributed by atoms with Gasteiger partial charge in [-0.15, -0.1) is 0 Å². The molecule has 0 aromatic heterocycles. The van der Waals surface area contributed by atoms with Crippen LogP contribution >= 0.6 is 0 Å². The monoisotopic (exact) mass is 329 g/mol. The average Bonchev–Trinajstić information content (AvgIpc) is 2.95. The quantitative estimate of drug-likeness (QED) is 0.861. The van der Waals surface area contributed by atoms with Gasteiger partial charge in [0.1, 0.15) is 5.92 Å². The predicted octanol–water partition coefficient (Wildman–Crippen LogP) is 1.87. The number of nitrogens with one attached hydrogen (secondary N) is 1. The average molecular weight is 329 g/mol. The Hall–Kier alpha value is -1.88. The van der Waals surface area contributed by atoms with Crippen LogP contribution in [0, 0.1) is 19.8 Å². The first-order valence-corrected chi connectivity index (χ1v) is 8.85. The lowest BCUT2D eigenvalue weighted by Gasteiger charge is -2.33. The van der Waals surface area contributed by atoms with Crippen molar-refractivity contribution in [2.45, 2.75) is 39.2 Å². The number of nitrogens with zero attached hydrogens (tertiary/aromatic N) is 2. The molecule has 1 atom stereocenters. The molecule has 5 nitrogen and oxygen atoms in total. The molecule has 1 aromatic carbocycles. The largest absolute Gasteiger partial charge is 0.342 e. The van der Waals surface area contributed by atoms with Crippen LogP contribution < -0.4 is 10.2 Å². The minimum absolute atomic E-state index is 0.0152. The minimum atomic E-state index is -0.503. The van der Waals surface area contributed by atoms with Gasteiger partial charge in [0.05, 0.1) is 0 Å². The zero-order valence-corrected chi connectivity index (χ0v) is 14.8. The molecule has 2 fully saturated rings. The number of hydrogen-bond acceptors (Lipinski definition) is 3. The fraction of sp³-hybridized carbons (Fsp3) is 0.579. The maximum absolute atomic E-state index is 12.8. The van der Waals surface area contributed by atoms with E-state index in [9.17, 15) is 9.59 Å². The van der Waals surface area contributed by atoms with E-state index in [4.69, 9.17) is 0 Å². The van der Waals surface area contributed by atoms with E-state index < -0.39 is 5.92 Å². The van der Waals surface area contributed by atoms with Crippen LogP contribution in [0.25, 0.3) is 0 Å². The molecule has 1 aromatic rings. The summed E-state index contributed by atoms with van der Waals surface area (Å²) in [5, 5.41) is 3.27. The van der Waals surface area contributed by atoms with Crippen molar-refractivity contribution in [2.24, 2.45) is 5.92 Å². The van der Waals surface area contributed by atoms with Crippen LogP contribution in [-0.4, -0.2) is 49.4 Å². The summed E-state index contributed by atoms with van der Waals surface area (Å²) in [5.41, 5.74) is 3.20. The van der Waals surface area contributed by atoms with Crippen molar-refractivity contribution in [3.05, 3.63) is 29.3 Å². The van der Waals surface area contributed by atoms with Gasteiger partial charge < -0.3 is 15.1 Å². The number of amides is 2. The lowest BCUT2D eigenvalue weighted by Crippen LogP contribution is -2.47. The second-order valence-electron chi connectivity index (χ2n) is 7.07. The van der Waals surface area contributed by atoms with Crippen LogP contribution in [0.4, 0.5) is 5.69 Å². The van der Waals surface area contributed by atoms with Gasteiger partial charge in [-0.05, 0) is 63.4 Å². The summed E-state index contributed by atoms with van der Waals surface area (Å²) in [6, 6.07) is 6.63. The van der Waals surface area contributed by atoms with Crippen LogP contribution in [0.2, 0.25) is 0 Å². The standard InChI is InChI=1S/C19H27N3O2/c1-13-10-14(2)12-16(11-13)22-9-6-17(19(22)24)18(23)21-7-4-15(20-3)5-8-21/h10-12,15,17,20H,4-9H2,1-3H3. The molecule has 0 aliphatic carbocycles. The van der Waals surface area contributed by atoms with E-state index in [0.717, 1.165) is 42.7 Å². The number of hydrogen-bond donors (Lipinski definition) is 1. The third kappa shape index (κ3) is 3.31. The maximum Gasteiger partial charge on any atom is 0.239 e. The van der Waals surface area contributed by atoms with Crippen LogP contribution in [0.5, 0.6) is 0 Å². The van der Waals surface area contributed by atoms with Crippen molar-refractivity contribution in [3.63, 3.8) is 0 Å². The molecule has 2 amide bonds. The highest BCUT2D eigenvalue weighted by atomic mass is 16.2. The van der Waals surface area contributed by atoms with E-state index in [1.54, 1.807) is 4.90 Å². The van der Waals surface area contributed by atoms with Crippen molar-refractivity contribution in [1.29, 1.82) is 0 Å². The Bertz CT molecular complexity index is 615. The van der Waals surface area contributed by atoms with E-state index in [1.807, 2.05) is 37.9 Å². The molecule has 0 saturated carbocycles. The van der Waals surface area contributed by atoms with Crippen molar-refractivity contribution in [3.8, 4) is 0 Å². The zero-order valence-electron chi connectivity index (χ0n) is 14.8. The lowest BCUT2D eigenvalue weighted by molar-refractivity contribution is -0.140. The summed E-state index contributed by atoms with van der Waals surface area (Å²) in [7, 11) is 1.96. The molecule has 0 spiro atoms. The smallest absolute Gasteiger partial charge is 0.239 e. The van der Waals surface area contributed by atoms with Crippen LogP contribution in [-0.2, 0) is 9.59 Å². The first-order chi connectivity index (χ1) is 11.5. The summed E-state index contributed by atoms with van der Waals surface area (Å²) >= 11 is 0. The van der Waals surface area contributed by atoms with Gasteiger partial charge in [-0.3, -0.25) is 9.59 Å². The molecule has 2 aliphatic heterocycles. The third-order valence-electron chi connectivity index (χ3n) is 5.24. The second-order valence-corrected chi connectivity index (χ2v) is 7.07. The van der Waals surface area contributed by atoms with E-state index >= 15 is 0 Å². The number of piperidine rings is 1. The SMILES string of the molecule is CNC1CCN(C(=O)C2CCN(c3cc(C)cc(C)c3)C2=O)CC1. The number of benzene rings is 1. The number of likely N-dealkylation sites (tertiary alicyclic amines) is 1. The van der Waals surface area contributed by atoms with Gasteiger partial charge in [0.15, 0.2) is 0 Å². The summed E-state index contributed by atoms with van der Waals surface area (Å²) in [4.78, 5) is 29.2. The number of aryl methyl sites for hydroxylation is 2. The molecule has 2 saturated heterocycles. The Morgan fingerprint density at radius 1 is 1.04 bits per heavy atom. The molecule has 3 rings (SSSR count). The van der Waals surface area contributed by atoms with E-state index in [-0.39, 0.29) is 11.8 Å². The van der Waals surface area contributed by atoms with E-state index in [0.29, 0.717) is 19.0 Å². The molecule has 1 N–H and O–H groups in total. The maximum atomic E-state index is 12.8. The Morgan fingerprint density at radius 3 is 2.25 bits per heavy atom. The fourth-order valence-electron chi connectivity index (χ4n) is 3.88. The highest BCUT2D eigenvalue weighted by Crippen LogP contribution is 2.28. The first-order valence-electron chi connectivity index (χ1n) is 8.85. The van der Waals surface area contributed by atoms with Gasteiger partial charge in [0.25, 0.3) is 0 Å². The van der Waals surface area contributed by atoms with Gasteiger partial charge in [-0.25, -0.2) is 0 Å². The lowest BCUT2D eigenvalue weighted by atomic mass is 10.0. The highest BCUT2D eigenvalue weighted by molar-refractivity contribution is 6.09.